The Hall–Kier alpha value is -2.00. The maximum Gasteiger partial charge on any atom is 0.475 e. The monoisotopic (exact) mass is 421 g/mol. The fourth-order valence-corrected chi connectivity index (χ4v) is 2.53. The summed E-state index contributed by atoms with van der Waals surface area (Å²) in [5.41, 5.74) is 0.523. The second-order valence-corrected chi connectivity index (χ2v) is 7.14. The van der Waals surface area contributed by atoms with E-state index in [9.17, 15) is 18.9 Å². The maximum atomic E-state index is 12.6. The van der Waals surface area contributed by atoms with Crippen molar-refractivity contribution in [2.45, 2.75) is 27.2 Å². The third kappa shape index (κ3) is 12.4. The Morgan fingerprint density at radius 2 is 1.39 bits per heavy atom. The molecule has 10 nitrogen and oxygen atoms in total. The Kier molecular flexibility index (Phi) is 13.1. The molecule has 160 valence electrons. The van der Waals surface area contributed by atoms with Gasteiger partial charge in [0.1, 0.15) is 13.2 Å². The van der Waals surface area contributed by atoms with Crippen molar-refractivity contribution in [2.24, 2.45) is 0 Å². The van der Waals surface area contributed by atoms with E-state index in [1.54, 1.807) is 6.92 Å². The third-order valence-electron chi connectivity index (χ3n) is 2.82. The highest BCUT2D eigenvalue weighted by Gasteiger charge is 2.27. The highest BCUT2D eigenvalue weighted by atomic mass is 31.2. The van der Waals surface area contributed by atoms with Crippen LogP contribution in [0.15, 0.2) is 24.3 Å². The van der Waals surface area contributed by atoms with E-state index >= 15 is 0 Å². The normalized spacial score (nSPS) is 12.5. The standard InChI is InChI=1S/C17H28NO9P/c1-6-15(19)23-9-11-26-28(22,25-8-7-18-16(20)13(2)3)27-12-10-24-17(21)14(4)5/h2,4,6-12H2,1,3,5H3,(H,18,20). The number of nitrogens with one attached hydrogen (secondary N) is 1. The lowest BCUT2D eigenvalue weighted by Gasteiger charge is -2.18. The summed E-state index contributed by atoms with van der Waals surface area (Å²) < 4.78 is 37.5. The molecule has 0 aliphatic rings. The van der Waals surface area contributed by atoms with Crippen molar-refractivity contribution in [1.29, 1.82) is 0 Å². The van der Waals surface area contributed by atoms with Crippen LogP contribution in [-0.4, -0.2) is 57.4 Å². The highest BCUT2D eigenvalue weighted by Crippen LogP contribution is 2.49. The number of carbonyl (C=O) groups is 3. The van der Waals surface area contributed by atoms with Gasteiger partial charge in [-0.2, -0.15) is 0 Å². The van der Waals surface area contributed by atoms with E-state index in [4.69, 9.17) is 23.0 Å². The van der Waals surface area contributed by atoms with Gasteiger partial charge in [-0.1, -0.05) is 20.1 Å². The molecule has 0 bridgehead atoms. The lowest BCUT2D eigenvalue weighted by Crippen LogP contribution is -2.27. The first-order chi connectivity index (χ1) is 13.1. The van der Waals surface area contributed by atoms with E-state index < -0.39 is 19.8 Å². The summed E-state index contributed by atoms with van der Waals surface area (Å²) in [7, 11) is -4.03. The smallest absolute Gasteiger partial charge is 0.463 e. The topological polar surface area (TPSA) is 126 Å². The minimum atomic E-state index is -4.03. The van der Waals surface area contributed by atoms with Gasteiger partial charge in [-0.15, -0.1) is 0 Å². The molecule has 11 heteroatoms. The average Bonchev–Trinajstić information content (AvgIpc) is 2.65. The van der Waals surface area contributed by atoms with E-state index in [0.29, 0.717) is 5.57 Å². The molecular formula is C17H28NO9P. The van der Waals surface area contributed by atoms with Crippen LogP contribution in [0.4, 0.5) is 0 Å². The van der Waals surface area contributed by atoms with Crippen LogP contribution >= 0.6 is 7.82 Å². The van der Waals surface area contributed by atoms with E-state index in [1.807, 2.05) is 0 Å². The first-order valence-electron chi connectivity index (χ1n) is 8.57. The second-order valence-electron chi connectivity index (χ2n) is 5.47. The van der Waals surface area contributed by atoms with Crippen molar-refractivity contribution in [3.8, 4) is 0 Å². The molecule has 0 rings (SSSR count). The molecule has 0 aromatic carbocycles. The van der Waals surface area contributed by atoms with Gasteiger partial charge in [0.15, 0.2) is 0 Å². The van der Waals surface area contributed by atoms with Gasteiger partial charge in [-0.05, 0) is 13.8 Å². The molecule has 0 fully saturated rings. The van der Waals surface area contributed by atoms with Crippen LogP contribution < -0.4 is 5.32 Å². The van der Waals surface area contributed by atoms with E-state index in [2.05, 4.69) is 18.5 Å². The molecule has 0 aromatic heterocycles. The fraction of sp³-hybridized carbons (Fsp3) is 0.588. The number of esters is 2. The number of hydrogen-bond acceptors (Lipinski definition) is 9. The number of carbonyl (C=O) groups excluding carboxylic acids is 3. The summed E-state index contributed by atoms with van der Waals surface area (Å²) in [4.78, 5) is 33.8. The lowest BCUT2D eigenvalue weighted by atomic mass is 10.3. The molecule has 0 radical (unpaired) electrons. The van der Waals surface area contributed by atoms with Crippen LogP contribution in [-0.2, 0) is 42.0 Å². The first-order valence-corrected chi connectivity index (χ1v) is 10.0. The molecule has 1 unspecified atom stereocenters. The summed E-state index contributed by atoms with van der Waals surface area (Å²) >= 11 is 0. The van der Waals surface area contributed by atoms with Crippen LogP contribution in [0.2, 0.25) is 0 Å². The summed E-state index contributed by atoms with van der Waals surface area (Å²) in [6.07, 6.45) is 0.196. The minimum absolute atomic E-state index is 0.0396. The quantitative estimate of drug-likeness (QED) is 0.183. The van der Waals surface area contributed by atoms with Gasteiger partial charge in [-0.3, -0.25) is 23.2 Å². The summed E-state index contributed by atoms with van der Waals surface area (Å²) in [6.45, 7) is 10.6. The second kappa shape index (κ2) is 14.1. The van der Waals surface area contributed by atoms with Crippen molar-refractivity contribution in [3.05, 3.63) is 24.3 Å². The van der Waals surface area contributed by atoms with Gasteiger partial charge in [0.2, 0.25) is 5.91 Å². The van der Waals surface area contributed by atoms with Crippen molar-refractivity contribution in [3.63, 3.8) is 0 Å². The molecule has 28 heavy (non-hydrogen) atoms. The van der Waals surface area contributed by atoms with Gasteiger partial charge in [0.25, 0.3) is 0 Å². The molecule has 0 spiro atoms. The Labute approximate surface area is 164 Å². The SMILES string of the molecule is C=C(C)C(=O)NCCOP(=O)(OCCOC(=O)CC)OCCOC(=O)C(=C)C. The van der Waals surface area contributed by atoms with E-state index in [0.717, 1.165) is 0 Å². The zero-order valence-electron chi connectivity index (χ0n) is 16.5. The zero-order chi connectivity index (χ0) is 21.6. The highest BCUT2D eigenvalue weighted by molar-refractivity contribution is 7.48. The van der Waals surface area contributed by atoms with Crippen molar-refractivity contribution < 1.29 is 42.0 Å². The zero-order valence-corrected chi connectivity index (χ0v) is 17.4. The number of phosphoric ester groups is 1. The molecule has 0 heterocycles. The van der Waals surface area contributed by atoms with Crippen LogP contribution in [0.5, 0.6) is 0 Å². The molecule has 0 aliphatic carbocycles. The van der Waals surface area contributed by atoms with Crippen LogP contribution in [0.25, 0.3) is 0 Å². The fourth-order valence-electron chi connectivity index (χ4n) is 1.40. The Morgan fingerprint density at radius 1 is 0.857 bits per heavy atom. The third-order valence-corrected chi connectivity index (χ3v) is 4.32. The summed E-state index contributed by atoms with van der Waals surface area (Å²) in [6, 6.07) is 0. The van der Waals surface area contributed by atoms with Gasteiger partial charge in [-0.25, -0.2) is 9.36 Å². The minimum Gasteiger partial charge on any atom is -0.463 e. The Bertz CT molecular complexity index is 580. The van der Waals surface area contributed by atoms with Gasteiger partial charge in [0.05, 0.1) is 19.8 Å². The van der Waals surface area contributed by atoms with Crippen LogP contribution in [0.3, 0.4) is 0 Å². The lowest BCUT2D eigenvalue weighted by molar-refractivity contribution is -0.144. The predicted molar refractivity (Wildman–Crippen MR) is 100 cm³/mol. The molecule has 1 N–H and O–H groups in total. The molecule has 0 aromatic rings. The van der Waals surface area contributed by atoms with Gasteiger partial charge < -0.3 is 14.8 Å². The van der Waals surface area contributed by atoms with Crippen LogP contribution in [0, 0.1) is 0 Å². The average molecular weight is 421 g/mol. The van der Waals surface area contributed by atoms with Crippen molar-refractivity contribution in [2.75, 3.05) is 39.6 Å². The summed E-state index contributed by atoms with van der Waals surface area (Å²) in [5.74, 6) is -1.43. The largest absolute Gasteiger partial charge is 0.475 e. The number of phosphoric acid groups is 1. The Balaban J connectivity index is 4.49. The Morgan fingerprint density at radius 3 is 1.89 bits per heavy atom. The number of amides is 1. The van der Waals surface area contributed by atoms with Crippen LogP contribution in [0.1, 0.15) is 27.2 Å². The predicted octanol–water partition coefficient (Wildman–Crippen LogP) is 1.91. The van der Waals surface area contributed by atoms with E-state index in [1.165, 1.54) is 13.8 Å². The number of hydrogen-bond donors (Lipinski definition) is 1. The van der Waals surface area contributed by atoms with E-state index in [-0.39, 0.29) is 57.5 Å². The molecule has 0 saturated heterocycles. The van der Waals surface area contributed by atoms with Crippen molar-refractivity contribution in [1.82, 2.24) is 5.32 Å². The summed E-state index contributed by atoms with van der Waals surface area (Å²) in [5, 5.41) is 2.50. The number of rotatable bonds is 15. The van der Waals surface area contributed by atoms with Gasteiger partial charge in [0, 0.05) is 24.1 Å². The number of ether oxygens (including phenoxy) is 2. The molecular weight excluding hydrogens is 393 g/mol. The van der Waals surface area contributed by atoms with Gasteiger partial charge >= 0.3 is 19.8 Å². The molecule has 1 atom stereocenters. The first kappa shape index (κ1) is 26.0. The molecule has 1 amide bonds. The molecule has 0 aliphatic heterocycles. The molecule has 0 saturated carbocycles. The maximum absolute atomic E-state index is 12.6. The van der Waals surface area contributed by atoms with Crippen molar-refractivity contribution >= 4 is 25.7 Å².